The number of benzene rings is 2. The third kappa shape index (κ3) is 5.97. The third-order valence-corrected chi connectivity index (χ3v) is 5.73. The van der Waals surface area contributed by atoms with E-state index < -0.39 is 0 Å². The van der Waals surface area contributed by atoms with Crippen molar-refractivity contribution < 1.29 is 23.8 Å². The molecule has 178 valence electrons. The maximum Gasteiger partial charge on any atom is 0.262 e. The number of hydrogen-bond acceptors (Lipinski definition) is 5. The molecular weight excluding hydrogens is 420 g/mol. The Balaban J connectivity index is 1.82. The van der Waals surface area contributed by atoms with Crippen molar-refractivity contribution in [1.82, 2.24) is 4.90 Å². The summed E-state index contributed by atoms with van der Waals surface area (Å²) in [6.07, 6.45) is 3.07. The van der Waals surface area contributed by atoms with E-state index in [2.05, 4.69) is 26.1 Å². The first-order chi connectivity index (χ1) is 15.7. The van der Waals surface area contributed by atoms with E-state index in [0.717, 1.165) is 24.8 Å². The highest BCUT2D eigenvalue weighted by Crippen LogP contribution is 2.35. The van der Waals surface area contributed by atoms with Gasteiger partial charge in [0.1, 0.15) is 5.75 Å². The van der Waals surface area contributed by atoms with Gasteiger partial charge in [-0.15, -0.1) is 0 Å². The van der Waals surface area contributed by atoms with E-state index in [1.807, 2.05) is 29.2 Å². The van der Waals surface area contributed by atoms with Gasteiger partial charge in [0.05, 0.1) is 25.5 Å². The Labute approximate surface area is 196 Å². The van der Waals surface area contributed by atoms with Crippen molar-refractivity contribution in [2.24, 2.45) is 0 Å². The van der Waals surface area contributed by atoms with Crippen LogP contribution in [0.5, 0.6) is 17.2 Å². The van der Waals surface area contributed by atoms with Crippen LogP contribution in [-0.2, 0) is 10.2 Å². The van der Waals surface area contributed by atoms with Crippen molar-refractivity contribution in [1.29, 1.82) is 0 Å². The fourth-order valence-electron chi connectivity index (χ4n) is 3.97. The molecule has 0 bridgehead atoms. The summed E-state index contributed by atoms with van der Waals surface area (Å²) in [7, 11) is 3.04. The summed E-state index contributed by atoms with van der Waals surface area (Å²) >= 11 is 0. The molecule has 3 rings (SSSR count). The highest BCUT2D eigenvalue weighted by molar-refractivity contribution is 6.05. The smallest absolute Gasteiger partial charge is 0.262 e. The molecule has 1 aliphatic rings. The Morgan fingerprint density at radius 1 is 0.939 bits per heavy atom. The number of rotatable bonds is 7. The molecule has 0 atom stereocenters. The van der Waals surface area contributed by atoms with Crippen LogP contribution < -0.4 is 19.5 Å². The first-order valence-corrected chi connectivity index (χ1v) is 11.3. The van der Waals surface area contributed by atoms with Crippen molar-refractivity contribution >= 4 is 17.5 Å². The van der Waals surface area contributed by atoms with Gasteiger partial charge >= 0.3 is 0 Å². The fraction of sp³-hybridized carbons (Fsp3) is 0.462. The SMILES string of the molecule is COc1cc(NC(=O)COc2ccccc2C(C)(C)C)c(C(=O)N2CCCCC2)cc1OC. The van der Waals surface area contributed by atoms with Crippen LogP contribution >= 0.6 is 0 Å². The van der Waals surface area contributed by atoms with Crippen molar-refractivity contribution in [3.63, 3.8) is 0 Å². The Kier molecular flexibility index (Phi) is 7.84. The van der Waals surface area contributed by atoms with Gasteiger partial charge in [0, 0.05) is 19.2 Å². The Hall–Kier alpha value is -3.22. The van der Waals surface area contributed by atoms with E-state index in [4.69, 9.17) is 14.2 Å². The molecule has 2 aromatic rings. The fourth-order valence-corrected chi connectivity index (χ4v) is 3.97. The molecule has 0 spiro atoms. The highest BCUT2D eigenvalue weighted by Gasteiger charge is 2.25. The van der Waals surface area contributed by atoms with Crippen LogP contribution in [0.3, 0.4) is 0 Å². The van der Waals surface area contributed by atoms with Gasteiger partial charge in [0.2, 0.25) is 0 Å². The molecule has 0 radical (unpaired) electrons. The van der Waals surface area contributed by atoms with Crippen LogP contribution in [-0.4, -0.2) is 50.6 Å². The quantitative estimate of drug-likeness (QED) is 0.659. The molecule has 1 saturated heterocycles. The van der Waals surface area contributed by atoms with E-state index in [-0.39, 0.29) is 23.8 Å². The van der Waals surface area contributed by atoms with Gasteiger partial charge in [-0.05, 0) is 42.4 Å². The van der Waals surface area contributed by atoms with Crippen LogP contribution in [0, 0.1) is 0 Å². The summed E-state index contributed by atoms with van der Waals surface area (Å²) in [5.41, 5.74) is 1.65. The maximum atomic E-state index is 13.3. The largest absolute Gasteiger partial charge is 0.493 e. The van der Waals surface area contributed by atoms with Gasteiger partial charge in [0.15, 0.2) is 18.1 Å². The summed E-state index contributed by atoms with van der Waals surface area (Å²) in [6.45, 7) is 7.51. The molecule has 2 aromatic carbocycles. The number of hydrogen-bond donors (Lipinski definition) is 1. The minimum absolute atomic E-state index is 0.121. The van der Waals surface area contributed by atoms with Gasteiger partial charge < -0.3 is 24.4 Å². The van der Waals surface area contributed by atoms with Crippen molar-refractivity contribution in [3.8, 4) is 17.2 Å². The Bertz CT molecular complexity index is 991. The lowest BCUT2D eigenvalue weighted by molar-refractivity contribution is -0.118. The predicted octanol–water partition coefficient (Wildman–Crippen LogP) is 4.64. The van der Waals surface area contributed by atoms with Crippen LogP contribution in [0.15, 0.2) is 36.4 Å². The summed E-state index contributed by atoms with van der Waals surface area (Å²) in [4.78, 5) is 27.9. The zero-order valence-corrected chi connectivity index (χ0v) is 20.2. The molecular formula is C26H34N2O5. The molecule has 7 heteroatoms. The van der Waals surface area contributed by atoms with E-state index >= 15 is 0 Å². The number of piperidine rings is 1. The van der Waals surface area contributed by atoms with Gasteiger partial charge in [-0.25, -0.2) is 0 Å². The lowest BCUT2D eigenvalue weighted by Gasteiger charge is -2.28. The van der Waals surface area contributed by atoms with Crippen molar-refractivity contribution in [2.45, 2.75) is 45.4 Å². The topological polar surface area (TPSA) is 77.1 Å². The lowest BCUT2D eigenvalue weighted by Crippen LogP contribution is -2.36. The number of carbonyl (C=O) groups excluding carboxylic acids is 2. The molecule has 2 amide bonds. The van der Waals surface area contributed by atoms with Crippen LogP contribution in [0.4, 0.5) is 5.69 Å². The average Bonchev–Trinajstić information content (AvgIpc) is 2.82. The Morgan fingerprint density at radius 2 is 1.58 bits per heavy atom. The number of methoxy groups -OCH3 is 2. The normalized spacial score (nSPS) is 13.9. The average molecular weight is 455 g/mol. The second-order valence-corrected chi connectivity index (χ2v) is 9.19. The summed E-state index contributed by atoms with van der Waals surface area (Å²) in [5.74, 6) is 1.04. The minimum Gasteiger partial charge on any atom is -0.493 e. The number of para-hydroxylation sites is 1. The number of likely N-dealkylation sites (tertiary alicyclic amines) is 1. The number of nitrogens with zero attached hydrogens (tertiary/aromatic N) is 1. The predicted molar refractivity (Wildman–Crippen MR) is 129 cm³/mol. The molecule has 33 heavy (non-hydrogen) atoms. The summed E-state index contributed by atoms with van der Waals surface area (Å²) in [5, 5.41) is 2.84. The molecule has 1 N–H and O–H groups in total. The third-order valence-electron chi connectivity index (χ3n) is 5.73. The molecule has 1 aliphatic heterocycles. The number of anilines is 1. The number of nitrogens with one attached hydrogen (secondary N) is 1. The van der Waals surface area contributed by atoms with Crippen LogP contribution in [0.25, 0.3) is 0 Å². The van der Waals surface area contributed by atoms with E-state index in [1.54, 1.807) is 12.1 Å². The van der Waals surface area contributed by atoms with Gasteiger partial charge in [0.25, 0.3) is 11.8 Å². The first-order valence-electron chi connectivity index (χ1n) is 11.3. The number of amides is 2. The standard InChI is InChI=1S/C26H34N2O5/c1-26(2,3)19-11-7-8-12-21(19)33-17-24(29)27-20-16-23(32-5)22(31-4)15-18(20)25(30)28-13-9-6-10-14-28/h7-8,11-12,15-16H,6,9-10,13-14,17H2,1-5H3,(H,27,29). The molecule has 0 unspecified atom stereocenters. The van der Waals surface area contributed by atoms with Gasteiger partial charge in [-0.3, -0.25) is 9.59 Å². The van der Waals surface area contributed by atoms with Crippen LogP contribution in [0.2, 0.25) is 0 Å². The second kappa shape index (κ2) is 10.6. The molecule has 7 nitrogen and oxygen atoms in total. The summed E-state index contributed by atoms with van der Waals surface area (Å²) < 4.78 is 16.6. The van der Waals surface area contributed by atoms with E-state index in [0.29, 0.717) is 41.6 Å². The first kappa shape index (κ1) is 24.4. The van der Waals surface area contributed by atoms with Gasteiger partial charge in [-0.2, -0.15) is 0 Å². The van der Waals surface area contributed by atoms with E-state index in [1.165, 1.54) is 14.2 Å². The lowest BCUT2D eigenvalue weighted by atomic mass is 9.86. The zero-order chi connectivity index (χ0) is 24.0. The summed E-state index contributed by atoms with van der Waals surface area (Å²) in [6, 6.07) is 10.9. The minimum atomic E-state index is -0.362. The zero-order valence-electron chi connectivity index (χ0n) is 20.2. The number of carbonyl (C=O) groups is 2. The maximum absolute atomic E-state index is 13.3. The Morgan fingerprint density at radius 3 is 2.21 bits per heavy atom. The molecule has 1 fully saturated rings. The molecule has 0 aliphatic carbocycles. The molecule has 1 heterocycles. The monoisotopic (exact) mass is 454 g/mol. The van der Waals surface area contributed by atoms with Crippen LogP contribution in [0.1, 0.15) is 56.0 Å². The van der Waals surface area contributed by atoms with Crippen molar-refractivity contribution in [3.05, 3.63) is 47.5 Å². The second-order valence-electron chi connectivity index (χ2n) is 9.19. The van der Waals surface area contributed by atoms with Crippen molar-refractivity contribution in [2.75, 3.05) is 39.2 Å². The van der Waals surface area contributed by atoms with Gasteiger partial charge in [-0.1, -0.05) is 39.0 Å². The highest BCUT2D eigenvalue weighted by atomic mass is 16.5. The van der Waals surface area contributed by atoms with E-state index in [9.17, 15) is 9.59 Å². The molecule has 0 aromatic heterocycles. The molecule has 0 saturated carbocycles. The number of ether oxygens (including phenoxy) is 3.